The summed E-state index contributed by atoms with van der Waals surface area (Å²) in [5, 5.41) is 0. The SMILES string of the molecule is COC1CCCN(C(=O)C2CCC(CN)CC2)C1. The van der Waals surface area contributed by atoms with Crippen LogP contribution in [0.3, 0.4) is 0 Å². The molecule has 1 aliphatic heterocycles. The van der Waals surface area contributed by atoms with Crippen LogP contribution in [-0.4, -0.2) is 43.7 Å². The van der Waals surface area contributed by atoms with E-state index < -0.39 is 0 Å². The van der Waals surface area contributed by atoms with Crippen LogP contribution < -0.4 is 5.73 Å². The number of methoxy groups -OCH3 is 1. The second-order valence-corrected chi connectivity index (χ2v) is 5.74. The Labute approximate surface area is 110 Å². The molecule has 0 radical (unpaired) electrons. The molecule has 104 valence electrons. The number of carbonyl (C=O) groups excluding carboxylic acids is 1. The predicted molar refractivity (Wildman–Crippen MR) is 71.1 cm³/mol. The van der Waals surface area contributed by atoms with Gasteiger partial charge in [0.25, 0.3) is 0 Å². The van der Waals surface area contributed by atoms with E-state index in [1.165, 1.54) is 0 Å². The molecule has 0 bridgehead atoms. The maximum atomic E-state index is 12.4. The van der Waals surface area contributed by atoms with Crippen LogP contribution in [0.2, 0.25) is 0 Å². The van der Waals surface area contributed by atoms with Gasteiger partial charge in [-0.25, -0.2) is 0 Å². The van der Waals surface area contributed by atoms with Crippen molar-refractivity contribution in [3.05, 3.63) is 0 Å². The quantitative estimate of drug-likeness (QED) is 0.828. The van der Waals surface area contributed by atoms with Gasteiger partial charge in [-0.2, -0.15) is 0 Å². The smallest absolute Gasteiger partial charge is 0.225 e. The van der Waals surface area contributed by atoms with Crippen molar-refractivity contribution in [2.24, 2.45) is 17.6 Å². The number of ether oxygens (including phenoxy) is 1. The van der Waals surface area contributed by atoms with Crippen LogP contribution in [0.25, 0.3) is 0 Å². The van der Waals surface area contributed by atoms with Crippen molar-refractivity contribution in [2.75, 3.05) is 26.7 Å². The Morgan fingerprint density at radius 2 is 2.00 bits per heavy atom. The highest BCUT2D eigenvalue weighted by Crippen LogP contribution is 2.30. The Hall–Kier alpha value is -0.610. The van der Waals surface area contributed by atoms with E-state index in [-0.39, 0.29) is 12.0 Å². The number of amides is 1. The molecule has 0 aromatic carbocycles. The molecule has 1 unspecified atom stereocenters. The van der Waals surface area contributed by atoms with Gasteiger partial charge in [0.1, 0.15) is 0 Å². The summed E-state index contributed by atoms with van der Waals surface area (Å²) >= 11 is 0. The lowest BCUT2D eigenvalue weighted by Gasteiger charge is -2.36. The first kappa shape index (κ1) is 13.8. The molecular weight excluding hydrogens is 228 g/mol. The first-order valence-electron chi connectivity index (χ1n) is 7.26. The average molecular weight is 254 g/mol. The molecule has 1 heterocycles. The Morgan fingerprint density at radius 3 is 2.61 bits per heavy atom. The zero-order valence-electron chi connectivity index (χ0n) is 11.4. The molecule has 2 rings (SSSR count). The zero-order chi connectivity index (χ0) is 13.0. The van der Waals surface area contributed by atoms with Crippen molar-refractivity contribution >= 4 is 5.91 Å². The summed E-state index contributed by atoms with van der Waals surface area (Å²) in [6.45, 7) is 2.47. The highest BCUT2D eigenvalue weighted by atomic mass is 16.5. The zero-order valence-corrected chi connectivity index (χ0v) is 11.4. The lowest BCUT2D eigenvalue weighted by Crippen LogP contribution is -2.46. The first-order valence-corrected chi connectivity index (χ1v) is 7.26. The van der Waals surface area contributed by atoms with Crippen molar-refractivity contribution in [3.63, 3.8) is 0 Å². The average Bonchev–Trinajstić information content (AvgIpc) is 2.46. The van der Waals surface area contributed by atoms with E-state index in [1.807, 2.05) is 4.90 Å². The van der Waals surface area contributed by atoms with E-state index >= 15 is 0 Å². The molecule has 2 fully saturated rings. The third-order valence-corrected chi connectivity index (χ3v) is 4.55. The number of hydrogen-bond donors (Lipinski definition) is 1. The van der Waals surface area contributed by atoms with Crippen molar-refractivity contribution in [1.82, 2.24) is 4.90 Å². The molecular formula is C14H26N2O2. The molecule has 2 aliphatic rings. The van der Waals surface area contributed by atoms with Crippen LogP contribution in [0.4, 0.5) is 0 Å². The lowest BCUT2D eigenvalue weighted by atomic mass is 9.81. The number of piperidine rings is 1. The van der Waals surface area contributed by atoms with Gasteiger partial charge in [-0.1, -0.05) is 0 Å². The highest BCUT2D eigenvalue weighted by molar-refractivity contribution is 5.79. The fourth-order valence-corrected chi connectivity index (χ4v) is 3.23. The number of hydrogen-bond acceptors (Lipinski definition) is 3. The summed E-state index contributed by atoms with van der Waals surface area (Å²) in [5.41, 5.74) is 5.69. The third-order valence-electron chi connectivity index (χ3n) is 4.55. The van der Waals surface area contributed by atoms with Crippen LogP contribution in [0.5, 0.6) is 0 Å². The molecule has 18 heavy (non-hydrogen) atoms. The van der Waals surface area contributed by atoms with Crippen LogP contribution in [0.15, 0.2) is 0 Å². The van der Waals surface area contributed by atoms with Crippen LogP contribution in [-0.2, 0) is 9.53 Å². The van der Waals surface area contributed by atoms with Gasteiger partial charge in [0.15, 0.2) is 0 Å². The van der Waals surface area contributed by atoms with Gasteiger partial charge in [-0.05, 0) is 51.0 Å². The van der Waals surface area contributed by atoms with Crippen LogP contribution in [0, 0.1) is 11.8 Å². The van der Waals surface area contributed by atoms with E-state index in [0.717, 1.165) is 58.2 Å². The van der Waals surface area contributed by atoms with E-state index in [9.17, 15) is 4.79 Å². The summed E-state index contributed by atoms with van der Waals surface area (Å²) in [4.78, 5) is 14.5. The fraction of sp³-hybridized carbons (Fsp3) is 0.929. The van der Waals surface area contributed by atoms with Gasteiger partial charge in [0.2, 0.25) is 5.91 Å². The van der Waals surface area contributed by atoms with Crippen molar-refractivity contribution in [1.29, 1.82) is 0 Å². The largest absolute Gasteiger partial charge is 0.380 e. The number of carbonyl (C=O) groups is 1. The van der Waals surface area contributed by atoms with Gasteiger partial charge >= 0.3 is 0 Å². The summed E-state index contributed by atoms with van der Waals surface area (Å²) in [6.07, 6.45) is 6.68. The van der Waals surface area contributed by atoms with E-state index in [2.05, 4.69) is 0 Å². The molecule has 4 nitrogen and oxygen atoms in total. The lowest BCUT2D eigenvalue weighted by molar-refractivity contribution is -0.140. The summed E-state index contributed by atoms with van der Waals surface area (Å²) < 4.78 is 5.38. The van der Waals surface area contributed by atoms with Crippen molar-refractivity contribution < 1.29 is 9.53 Å². The first-order chi connectivity index (χ1) is 8.74. The third kappa shape index (κ3) is 3.23. The number of rotatable bonds is 3. The molecule has 1 saturated carbocycles. The van der Waals surface area contributed by atoms with Crippen molar-refractivity contribution in [2.45, 2.75) is 44.6 Å². The maximum Gasteiger partial charge on any atom is 0.225 e. The van der Waals surface area contributed by atoms with Crippen LogP contribution >= 0.6 is 0 Å². The summed E-state index contributed by atoms with van der Waals surface area (Å²) in [5.74, 6) is 1.23. The number of nitrogens with zero attached hydrogens (tertiary/aromatic N) is 1. The predicted octanol–water partition coefficient (Wildman–Crippen LogP) is 1.39. The molecule has 0 aromatic rings. The van der Waals surface area contributed by atoms with Crippen LogP contribution in [0.1, 0.15) is 38.5 Å². The van der Waals surface area contributed by atoms with E-state index in [0.29, 0.717) is 11.8 Å². The number of nitrogens with two attached hydrogens (primary N) is 1. The minimum atomic E-state index is 0.239. The monoisotopic (exact) mass is 254 g/mol. The second kappa shape index (κ2) is 6.53. The molecule has 2 N–H and O–H groups in total. The van der Waals surface area contributed by atoms with Gasteiger partial charge in [-0.3, -0.25) is 4.79 Å². The highest BCUT2D eigenvalue weighted by Gasteiger charge is 2.31. The van der Waals surface area contributed by atoms with Gasteiger partial charge < -0.3 is 15.4 Å². The Bertz CT molecular complexity index is 275. The van der Waals surface area contributed by atoms with E-state index in [1.54, 1.807) is 7.11 Å². The molecule has 4 heteroatoms. The fourth-order valence-electron chi connectivity index (χ4n) is 3.23. The molecule has 1 atom stereocenters. The topological polar surface area (TPSA) is 55.6 Å². The second-order valence-electron chi connectivity index (χ2n) is 5.74. The van der Waals surface area contributed by atoms with Gasteiger partial charge in [-0.15, -0.1) is 0 Å². The van der Waals surface area contributed by atoms with E-state index in [4.69, 9.17) is 10.5 Å². The Kier molecular flexibility index (Phi) is 5.01. The molecule has 1 aliphatic carbocycles. The molecule has 0 spiro atoms. The Morgan fingerprint density at radius 1 is 1.28 bits per heavy atom. The number of likely N-dealkylation sites (tertiary alicyclic amines) is 1. The van der Waals surface area contributed by atoms with Gasteiger partial charge in [0, 0.05) is 26.1 Å². The Balaban J connectivity index is 1.83. The minimum absolute atomic E-state index is 0.239. The normalized spacial score (nSPS) is 33.4. The molecule has 1 saturated heterocycles. The summed E-state index contributed by atoms with van der Waals surface area (Å²) in [6, 6.07) is 0. The maximum absolute atomic E-state index is 12.4. The summed E-state index contributed by atoms with van der Waals surface area (Å²) in [7, 11) is 1.74. The molecule has 0 aromatic heterocycles. The molecule has 1 amide bonds. The van der Waals surface area contributed by atoms with Crippen molar-refractivity contribution in [3.8, 4) is 0 Å². The van der Waals surface area contributed by atoms with Gasteiger partial charge in [0.05, 0.1) is 6.10 Å². The minimum Gasteiger partial charge on any atom is -0.380 e. The standard InChI is InChI=1S/C14H26N2O2/c1-18-13-3-2-8-16(10-13)14(17)12-6-4-11(9-15)5-7-12/h11-13H,2-10,15H2,1H3.